The first kappa shape index (κ1) is 12.1. The number of hydrogen-bond donors (Lipinski definition) is 3. The van der Waals surface area contributed by atoms with Crippen LogP contribution in [0.1, 0.15) is 12.5 Å². The van der Waals surface area contributed by atoms with Gasteiger partial charge in [0, 0.05) is 23.9 Å². The maximum atomic E-state index is 10.8. The zero-order valence-corrected chi connectivity index (χ0v) is 9.75. The summed E-state index contributed by atoms with van der Waals surface area (Å²) in [5.41, 5.74) is 12.0. The Kier molecular flexibility index (Phi) is 2.76. The lowest BCUT2D eigenvalue weighted by Crippen LogP contribution is -2.57. The average Bonchev–Trinajstić information content (AvgIpc) is 2.34. The van der Waals surface area contributed by atoms with E-state index in [0.29, 0.717) is 5.56 Å². The summed E-state index contributed by atoms with van der Waals surface area (Å²) in [5, 5.41) is 13.6. The average molecular weight is 247 g/mol. The standard InChI is InChI=1S/C11H13N5O2/c1-7-6-14-10(12)15-11(7,13)8-3-2-4-9(5-8)16(17)18/h2-6H,13H2,1H3,(H3,12,14,15). The molecule has 1 aromatic rings. The molecule has 7 heteroatoms. The van der Waals surface area contributed by atoms with Crippen molar-refractivity contribution in [1.82, 2.24) is 5.32 Å². The first-order valence-corrected chi connectivity index (χ1v) is 5.26. The van der Waals surface area contributed by atoms with Crippen molar-refractivity contribution in [3.63, 3.8) is 0 Å². The first-order valence-electron chi connectivity index (χ1n) is 5.26. The van der Waals surface area contributed by atoms with E-state index in [0.717, 1.165) is 5.57 Å². The van der Waals surface area contributed by atoms with Gasteiger partial charge in [-0.2, -0.15) is 0 Å². The lowest BCUT2D eigenvalue weighted by molar-refractivity contribution is -0.385. The zero-order valence-electron chi connectivity index (χ0n) is 9.75. The Hall–Kier alpha value is -2.41. The molecular formula is C11H13N5O2. The fourth-order valence-corrected chi connectivity index (χ4v) is 1.77. The second kappa shape index (κ2) is 4.11. The van der Waals surface area contributed by atoms with Gasteiger partial charge in [0.2, 0.25) is 0 Å². The summed E-state index contributed by atoms with van der Waals surface area (Å²) in [6, 6.07) is 6.12. The number of nitro groups is 1. The van der Waals surface area contributed by atoms with E-state index in [1.165, 1.54) is 12.1 Å². The Bertz CT molecular complexity index is 566. The van der Waals surface area contributed by atoms with Crippen molar-refractivity contribution in [3.05, 3.63) is 51.7 Å². The quantitative estimate of drug-likeness (QED) is 0.520. The second-order valence-corrected chi connectivity index (χ2v) is 4.07. The van der Waals surface area contributed by atoms with Gasteiger partial charge in [0.05, 0.1) is 4.92 Å². The van der Waals surface area contributed by atoms with Gasteiger partial charge in [-0.05, 0) is 12.5 Å². The molecule has 94 valence electrons. The maximum Gasteiger partial charge on any atom is 0.269 e. The van der Waals surface area contributed by atoms with E-state index in [1.807, 2.05) is 0 Å². The topological polar surface area (TPSA) is 120 Å². The molecule has 0 spiro atoms. The molecule has 18 heavy (non-hydrogen) atoms. The largest absolute Gasteiger partial charge is 0.370 e. The van der Waals surface area contributed by atoms with Gasteiger partial charge in [-0.3, -0.25) is 10.1 Å². The Balaban J connectivity index is 2.48. The highest BCUT2D eigenvalue weighted by Gasteiger charge is 2.33. The number of nitro benzene ring substituents is 1. The van der Waals surface area contributed by atoms with Crippen LogP contribution in [0.4, 0.5) is 5.69 Å². The Morgan fingerprint density at radius 1 is 1.50 bits per heavy atom. The van der Waals surface area contributed by atoms with Crippen molar-refractivity contribution in [2.45, 2.75) is 12.6 Å². The predicted molar refractivity (Wildman–Crippen MR) is 67.5 cm³/mol. The Labute approximate surface area is 103 Å². The van der Waals surface area contributed by atoms with Crippen LogP contribution in [-0.2, 0) is 5.66 Å². The molecule has 1 aliphatic rings. The monoisotopic (exact) mass is 247 g/mol. The zero-order chi connectivity index (χ0) is 13.3. The van der Waals surface area contributed by atoms with E-state index >= 15 is 0 Å². The van der Waals surface area contributed by atoms with Gasteiger partial charge in [-0.15, -0.1) is 0 Å². The third-order valence-corrected chi connectivity index (χ3v) is 2.86. The molecule has 2 rings (SSSR count). The van der Waals surface area contributed by atoms with Gasteiger partial charge in [0.1, 0.15) is 5.66 Å². The summed E-state index contributed by atoms with van der Waals surface area (Å²) < 4.78 is 0. The number of nitrogens with two attached hydrogens (primary N) is 2. The molecule has 0 saturated carbocycles. The van der Waals surface area contributed by atoms with E-state index in [1.54, 1.807) is 25.3 Å². The molecule has 0 amide bonds. The SMILES string of the molecule is CC1=CN=C(N)NC1(N)c1cccc([N+](=O)[O-])c1. The van der Waals surface area contributed by atoms with Gasteiger partial charge in [0.25, 0.3) is 5.69 Å². The summed E-state index contributed by atoms with van der Waals surface area (Å²) in [4.78, 5) is 14.2. The van der Waals surface area contributed by atoms with Crippen LogP contribution in [0, 0.1) is 10.1 Å². The molecule has 1 atom stereocenters. The van der Waals surface area contributed by atoms with E-state index in [-0.39, 0.29) is 11.6 Å². The first-order chi connectivity index (χ1) is 8.43. The van der Waals surface area contributed by atoms with Crippen LogP contribution in [0.25, 0.3) is 0 Å². The Morgan fingerprint density at radius 3 is 2.89 bits per heavy atom. The predicted octanol–water partition coefficient (Wildman–Crippen LogP) is 0.528. The van der Waals surface area contributed by atoms with Crippen LogP contribution in [-0.4, -0.2) is 10.9 Å². The molecule has 0 aromatic heterocycles. The second-order valence-electron chi connectivity index (χ2n) is 4.07. The number of rotatable bonds is 2. The number of nitrogens with zero attached hydrogens (tertiary/aromatic N) is 2. The third kappa shape index (κ3) is 1.91. The summed E-state index contributed by atoms with van der Waals surface area (Å²) in [7, 11) is 0. The van der Waals surface area contributed by atoms with E-state index in [9.17, 15) is 10.1 Å². The van der Waals surface area contributed by atoms with Gasteiger partial charge in [-0.1, -0.05) is 12.1 Å². The molecule has 0 radical (unpaired) electrons. The van der Waals surface area contributed by atoms with Gasteiger partial charge >= 0.3 is 0 Å². The molecule has 5 N–H and O–H groups in total. The molecule has 1 heterocycles. The summed E-state index contributed by atoms with van der Waals surface area (Å²) in [5.74, 6) is 0.176. The highest BCUT2D eigenvalue weighted by atomic mass is 16.6. The summed E-state index contributed by atoms with van der Waals surface area (Å²) >= 11 is 0. The molecule has 0 aliphatic carbocycles. The van der Waals surface area contributed by atoms with Crippen molar-refractivity contribution < 1.29 is 4.92 Å². The van der Waals surface area contributed by atoms with Gasteiger partial charge in [-0.25, -0.2) is 4.99 Å². The third-order valence-electron chi connectivity index (χ3n) is 2.86. The summed E-state index contributed by atoms with van der Waals surface area (Å²) in [6.07, 6.45) is 1.55. The number of guanidine groups is 1. The van der Waals surface area contributed by atoms with Crippen molar-refractivity contribution in [1.29, 1.82) is 0 Å². The van der Waals surface area contributed by atoms with Crippen molar-refractivity contribution in [2.75, 3.05) is 0 Å². The molecule has 0 bridgehead atoms. The molecule has 0 saturated heterocycles. The molecule has 1 unspecified atom stereocenters. The fourth-order valence-electron chi connectivity index (χ4n) is 1.77. The molecule has 0 fully saturated rings. The van der Waals surface area contributed by atoms with Crippen LogP contribution < -0.4 is 16.8 Å². The molecular weight excluding hydrogens is 234 g/mol. The maximum absolute atomic E-state index is 10.8. The van der Waals surface area contributed by atoms with Crippen LogP contribution in [0.15, 0.2) is 41.0 Å². The van der Waals surface area contributed by atoms with E-state index in [4.69, 9.17) is 11.5 Å². The van der Waals surface area contributed by atoms with Crippen molar-refractivity contribution >= 4 is 11.6 Å². The fraction of sp³-hybridized carbons (Fsp3) is 0.182. The van der Waals surface area contributed by atoms with Gasteiger partial charge < -0.3 is 16.8 Å². The molecule has 1 aromatic carbocycles. The minimum Gasteiger partial charge on any atom is -0.370 e. The van der Waals surface area contributed by atoms with Gasteiger partial charge in [0.15, 0.2) is 5.96 Å². The van der Waals surface area contributed by atoms with E-state index in [2.05, 4.69) is 10.3 Å². The van der Waals surface area contributed by atoms with Crippen LogP contribution in [0.5, 0.6) is 0 Å². The number of nitrogens with one attached hydrogen (secondary N) is 1. The van der Waals surface area contributed by atoms with Crippen molar-refractivity contribution in [3.8, 4) is 0 Å². The summed E-state index contributed by atoms with van der Waals surface area (Å²) in [6.45, 7) is 1.78. The molecule has 7 nitrogen and oxygen atoms in total. The highest BCUT2D eigenvalue weighted by Crippen LogP contribution is 2.28. The highest BCUT2D eigenvalue weighted by molar-refractivity contribution is 5.81. The van der Waals surface area contributed by atoms with Crippen LogP contribution in [0.2, 0.25) is 0 Å². The Morgan fingerprint density at radius 2 is 2.22 bits per heavy atom. The lowest BCUT2D eigenvalue weighted by atomic mass is 9.92. The number of aliphatic imine (C=N–C) groups is 1. The van der Waals surface area contributed by atoms with Crippen molar-refractivity contribution in [2.24, 2.45) is 16.5 Å². The number of hydrogen-bond acceptors (Lipinski definition) is 6. The van der Waals surface area contributed by atoms with Crippen LogP contribution in [0.3, 0.4) is 0 Å². The minimum atomic E-state index is -1.07. The normalized spacial score (nSPS) is 22.8. The number of non-ortho nitro benzene ring substituents is 1. The molecule has 1 aliphatic heterocycles. The number of benzene rings is 1. The van der Waals surface area contributed by atoms with Crippen LogP contribution >= 0.6 is 0 Å². The smallest absolute Gasteiger partial charge is 0.269 e. The minimum absolute atomic E-state index is 0.0204. The van der Waals surface area contributed by atoms with E-state index < -0.39 is 10.6 Å². The lowest BCUT2D eigenvalue weighted by Gasteiger charge is -2.34.